The third kappa shape index (κ3) is 4.70. The standard InChI is InChI=1S/C14H19ClN4O2/c15-10-2-1-3-11(8-10)18-13(20)4-6-19-7-5-17-9-12(19)14(16)21/h1-3,8,12,17H,4-7,9H2,(H2,16,21)(H,18,20). The summed E-state index contributed by atoms with van der Waals surface area (Å²) >= 11 is 5.86. The molecule has 2 rings (SSSR count). The number of amides is 2. The number of nitrogens with two attached hydrogens (primary N) is 1. The van der Waals surface area contributed by atoms with Crippen molar-refractivity contribution < 1.29 is 9.59 Å². The van der Waals surface area contributed by atoms with Gasteiger partial charge in [0.1, 0.15) is 6.04 Å². The van der Waals surface area contributed by atoms with Crippen LogP contribution >= 0.6 is 11.6 Å². The van der Waals surface area contributed by atoms with Crippen LogP contribution in [0.1, 0.15) is 6.42 Å². The van der Waals surface area contributed by atoms with Crippen LogP contribution in [0.25, 0.3) is 0 Å². The molecule has 1 fully saturated rings. The van der Waals surface area contributed by atoms with Gasteiger partial charge in [-0.2, -0.15) is 0 Å². The molecule has 1 heterocycles. The normalized spacial score (nSPS) is 19.2. The maximum absolute atomic E-state index is 11.9. The van der Waals surface area contributed by atoms with Gasteiger partial charge in [0.2, 0.25) is 11.8 Å². The maximum Gasteiger partial charge on any atom is 0.236 e. The Balaban J connectivity index is 1.84. The number of nitrogens with one attached hydrogen (secondary N) is 2. The highest BCUT2D eigenvalue weighted by atomic mass is 35.5. The topological polar surface area (TPSA) is 87.5 Å². The summed E-state index contributed by atoms with van der Waals surface area (Å²) in [6.45, 7) is 2.53. The highest BCUT2D eigenvalue weighted by molar-refractivity contribution is 6.30. The Morgan fingerprint density at radius 2 is 2.29 bits per heavy atom. The van der Waals surface area contributed by atoms with Crippen molar-refractivity contribution in [3.8, 4) is 0 Å². The molecule has 4 N–H and O–H groups in total. The summed E-state index contributed by atoms with van der Waals surface area (Å²) in [4.78, 5) is 25.2. The predicted octanol–water partition coefficient (Wildman–Crippen LogP) is 0.428. The van der Waals surface area contributed by atoms with Gasteiger partial charge in [-0.05, 0) is 18.2 Å². The van der Waals surface area contributed by atoms with E-state index in [1.165, 1.54) is 0 Å². The first-order chi connectivity index (χ1) is 10.1. The van der Waals surface area contributed by atoms with E-state index < -0.39 is 0 Å². The van der Waals surface area contributed by atoms with Gasteiger partial charge in [-0.3, -0.25) is 14.5 Å². The Bertz CT molecular complexity index is 523. The lowest BCUT2D eigenvalue weighted by atomic mass is 10.1. The second kappa shape index (κ2) is 7.40. The summed E-state index contributed by atoms with van der Waals surface area (Å²) < 4.78 is 0. The van der Waals surface area contributed by atoms with E-state index in [2.05, 4.69) is 10.6 Å². The minimum atomic E-state index is -0.363. The first-order valence-electron chi connectivity index (χ1n) is 6.86. The van der Waals surface area contributed by atoms with E-state index in [1.807, 2.05) is 4.90 Å². The van der Waals surface area contributed by atoms with Crippen molar-refractivity contribution in [3.05, 3.63) is 29.3 Å². The van der Waals surface area contributed by atoms with Crippen LogP contribution in [0.4, 0.5) is 5.69 Å². The molecule has 1 aromatic rings. The van der Waals surface area contributed by atoms with Gasteiger partial charge in [-0.25, -0.2) is 0 Å². The molecule has 21 heavy (non-hydrogen) atoms. The zero-order chi connectivity index (χ0) is 15.2. The molecule has 1 aromatic carbocycles. The van der Waals surface area contributed by atoms with Crippen LogP contribution in [0.15, 0.2) is 24.3 Å². The molecule has 114 valence electrons. The van der Waals surface area contributed by atoms with Crippen LogP contribution in [0.3, 0.4) is 0 Å². The van der Waals surface area contributed by atoms with Crippen molar-refractivity contribution in [2.75, 3.05) is 31.5 Å². The third-order valence-electron chi connectivity index (χ3n) is 3.42. The van der Waals surface area contributed by atoms with Gasteiger partial charge in [0.25, 0.3) is 0 Å². The second-order valence-electron chi connectivity index (χ2n) is 4.97. The number of primary amides is 1. The predicted molar refractivity (Wildman–Crippen MR) is 82.1 cm³/mol. The van der Waals surface area contributed by atoms with Gasteiger partial charge >= 0.3 is 0 Å². The monoisotopic (exact) mass is 310 g/mol. The molecule has 1 unspecified atom stereocenters. The summed E-state index contributed by atoms with van der Waals surface area (Å²) in [7, 11) is 0. The Hall–Kier alpha value is -1.63. The quantitative estimate of drug-likeness (QED) is 0.736. The first-order valence-corrected chi connectivity index (χ1v) is 7.23. The molecule has 1 atom stereocenters. The van der Waals surface area contributed by atoms with Gasteiger partial charge in [-0.15, -0.1) is 0 Å². The lowest BCUT2D eigenvalue weighted by Crippen LogP contribution is -2.57. The van der Waals surface area contributed by atoms with E-state index >= 15 is 0 Å². The number of nitrogens with zero attached hydrogens (tertiary/aromatic N) is 1. The minimum Gasteiger partial charge on any atom is -0.368 e. The zero-order valence-electron chi connectivity index (χ0n) is 11.6. The van der Waals surface area contributed by atoms with Crippen molar-refractivity contribution in [1.82, 2.24) is 10.2 Å². The molecule has 1 saturated heterocycles. The van der Waals surface area contributed by atoms with Crippen LogP contribution in [-0.2, 0) is 9.59 Å². The number of rotatable bonds is 5. The van der Waals surface area contributed by atoms with Crippen molar-refractivity contribution in [1.29, 1.82) is 0 Å². The van der Waals surface area contributed by atoms with Gasteiger partial charge in [0, 0.05) is 43.3 Å². The van der Waals surface area contributed by atoms with Crippen molar-refractivity contribution in [2.24, 2.45) is 5.73 Å². The fraction of sp³-hybridized carbons (Fsp3) is 0.429. The number of piperazine rings is 1. The first kappa shape index (κ1) is 15.8. The zero-order valence-corrected chi connectivity index (χ0v) is 12.4. The van der Waals surface area contributed by atoms with Crippen LogP contribution in [0, 0.1) is 0 Å². The van der Waals surface area contributed by atoms with Crippen molar-refractivity contribution in [3.63, 3.8) is 0 Å². The molecule has 0 spiro atoms. The molecular formula is C14H19ClN4O2. The Morgan fingerprint density at radius 1 is 1.48 bits per heavy atom. The number of anilines is 1. The lowest BCUT2D eigenvalue weighted by molar-refractivity contribution is -0.125. The molecule has 0 saturated carbocycles. The molecule has 0 bridgehead atoms. The van der Waals surface area contributed by atoms with E-state index in [0.29, 0.717) is 36.8 Å². The molecule has 0 aromatic heterocycles. The SMILES string of the molecule is NC(=O)C1CNCCN1CCC(=O)Nc1cccc(Cl)c1. The fourth-order valence-corrected chi connectivity index (χ4v) is 2.52. The molecule has 7 heteroatoms. The van der Waals surface area contributed by atoms with Crippen molar-refractivity contribution in [2.45, 2.75) is 12.5 Å². The Kier molecular flexibility index (Phi) is 5.55. The smallest absolute Gasteiger partial charge is 0.236 e. The molecule has 6 nitrogen and oxygen atoms in total. The summed E-state index contributed by atoms with van der Waals surface area (Å²) in [6, 6.07) is 6.64. The van der Waals surface area contributed by atoms with Gasteiger partial charge in [-0.1, -0.05) is 17.7 Å². The summed E-state index contributed by atoms with van der Waals surface area (Å²) in [6.07, 6.45) is 0.302. The Labute approximate surface area is 128 Å². The molecule has 0 aliphatic carbocycles. The average molecular weight is 311 g/mol. The van der Waals surface area contributed by atoms with E-state index in [4.69, 9.17) is 17.3 Å². The van der Waals surface area contributed by atoms with Crippen LogP contribution in [0.5, 0.6) is 0 Å². The lowest BCUT2D eigenvalue weighted by Gasteiger charge is -2.33. The second-order valence-corrected chi connectivity index (χ2v) is 5.40. The fourth-order valence-electron chi connectivity index (χ4n) is 2.33. The number of hydrogen-bond donors (Lipinski definition) is 3. The largest absolute Gasteiger partial charge is 0.368 e. The summed E-state index contributed by atoms with van der Waals surface area (Å²) in [5.41, 5.74) is 6.03. The number of benzene rings is 1. The molecular weight excluding hydrogens is 292 g/mol. The van der Waals surface area contributed by atoms with E-state index in [0.717, 1.165) is 6.54 Å². The number of hydrogen-bond acceptors (Lipinski definition) is 4. The molecule has 1 aliphatic heterocycles. The van der Waals surface area contributed by atoms with Gasteiger partial charge < -0.3 is 16.4 Å². The van der Waals surface area contributed by atoms with E-state index in [-0.39, 0.29) is 17.9 Å². The number of carbonyl (C=O) groups excluding carboxylic acids is 2. The minimum absolute atomic E-state index is 0.112. The highest BCUT2D eigenvalue weighted by Gasteiger charge is 2.26. The summed E-state index contributed by atoms with van der Waals surface area (Å²) in [5, 5.41) is 6.48. The number of halogens is 1. The van der Waals surface area contributed by atoms with Gasteiger partial charge in [0.05, 0.1) is 0 Å². The maximum atomic E-state index is 11.9. The highest BCUT2D eigenvalue weighted by Crippen LogP contribution is 2.15. The average Bonchev–Trinajstić information content (AvgIpc) is 2.45. The van der Waals surface area contributed by atoms with Crippen LogP contribution in [-0.4, -0.2) is 48.9 Å². The van der Waals surface area contributed by atoms with E-state index in [1.54, 1.807) is 24.3 Å². The summed E-state index contributed by atoms with van der Waals surface area (Å²) in [5.74, 6) is -0.475. The van der Waals surface area contributed by atoms with Crippen molar-refractivity contribution >= 4 is 29.1 Å². The molecule has 0 radical (unpaired) electrons. The molecule has 1 aliphatic rings. The van der Waals surface area contributed by atoms with Crippen LogP contribution in [0.2, 0.25) is 5.02 Å². The van der Waals surface area contributed by atoms with E-state index in [9.17, 15) is 9.59 Å². The van der Waals surface area contributed by atoms with Crippen LogP contribution < -0.4 is 16.4 Å². The third-order valence-corrected chi connectivity index (χ3v) is 3.65. The number of carbonyl (C=O) groups is 2. The molecule has 2 amide bonds. The van der Waals surface area contributed by atoms with Gasteiger partial charge in [0.15, 0.2) is 0 Å². The Morgan fingerprint density at radius 3 is 3.00 bits per heavy atom.